The second-order valence-corrected chi connectivity index (χ2v) is 9.27. The quantitative estimate of drug-likeness (QED) is 0.557. The van der Waals surface area contributed by atoms with Gasteiger partial charge in [0.15, 0.2) is 0 Å². The topological polar surface area (TPSA) is 160 Å². The molecule has 0 unspecified atom stereocenters. The summed E-state index contributed by atoms with van der Waals surface area (Å²) in [6.45, 7) is 0. The summed E-state index contributed by atoms with van der Waals surface area (Å²) in [4.78, 5) is 27.9. The third kappa shape index (κ3) is 7.05. The molecule has 2 N–H and O–H groups in total. The number of nitriles is 3. The summed E-state index contributed by atoms with van der Waals surface area (Å²) < 4.78 is 15.1. The molecule has 3 rings (SSSR count). The van der Waals surface area contributed by atoms with Gasteiger partial charge in [-0.2, -0.15) is 15.8 Å². The van der Waals surface area contributed by atoms with Crippen LogP contribution in [0.1, 0.15) is 77.0 Å². The molecule has 0 aromatic heterocycles. The second-order valence-electron chi connectivity index (χ2n) is 9.27. The van der Waals surface area contributed by atoms with E-state index in [0.29, 0.717) is 77.0 Å². The van der Waals surface area contributed by atoms with Crippen molar-refractivity contribution in [3.05, 3.63) is 0 Å². The van der Waals surface area contributed by atoms with E-state index in [1.165, 1.54) is 4.90 Å². The van der Waals surface area contributed by atoms with Gasteiger partial charge in [-0.1, -0.05) is 0 Å². The molecule has 0 bridgehead atoms. The van der Waals surface area contributed by atoms with Crippen LogP contribution in [0.25, 0.3) is 0 Å². The molecule has 0 heterocycles. The van der Waals surface area contributed by atoms with Gasteiger partial charge in [0, 0.05) is 18.1 Å². The summed E-state index contributed by atoms with van der Waals surface area (Å²) in [6.07, 6.45) is 12.5. The standard InChI is InChI=1S/C23H32N6O5/c24-13-32-19-7-1-16(2-8-19)27-22(30)29(18-5-11-21(12-6-18)34-15-26)23(31)28-17-3-9-20(10-4-17)33-14-25/h16-21H,1-12H2,(H,27,30)(H,28,31). The number of ether oxygens (including phenoxy) is 3. The van der Waals surface area contributed by atoms with Gasteiger partial charge in [-0.15, -0.1) is 0 Å². The lowest BCUT2D eigenvalue weighted by Gasteiger charge is -2.37. The van der Waals surface area contributed by atoms with Crippen molar-refractivity contribution in [2.45, 2.75) is 113 Å². The Bertz CT molecular complexity index is 759. The van der Waals surface area contributed by atoms with Gasteiger partial charge in [-0.25, -0.2) is 14.5 Å². The first kappa shape index (κ1) is 25.2. The van der Waals surface area contributed by atoms with Crippen molar-refractivity contribution in [3.8, 4) is 18.8 Å². The van der Waals surface area contributed by atoms with Gasteiger partial charge < -0.3 is 24.8 Å². The molecule has 34 heavy (non-hydrogen) atoms. The molecule has 3 aliphatic rings. The molecule has 0 aromatic rings. The van der Waals surface area contributed by atoms with E-state index in [2.05, 4.69) is 10.6 Å². The smallest absolute Gasteiger partial charge is 0.326 e. The average molecular weight is 473 g/mol. The van der Waals surface area contributed by atoms with Gasteiger partial charge in [0.1, 0.15) is 18.3 Å². The molecule has 3 fully saturated rings. The highest BCUT2D eigenvalue weighted by Crippen LogP contribution is 2.27. The SMILES string of the molecule is N#COC1CCC(NC(=O)N(C(=O)NC2CCC(OC#N)CC2)C2CCC(OC#N)CC2)CC1. The Morgan fingerprint density at radius 2 is 0.912 bits per heavy atom. The lowest BCUT2D eigenvalue weighted by atomic mass is 9.91. The summed E-state index contributed by atoms with van der Waals surface area (Å²) >= 11 is 0. The van der Waals surface area contributed by atoms with Crippen LogP contribution in [0.2, 0.25) is 0 Å². The van der Waals surface area contributed by atoms with Crippen molar-refractivity contribution in [1.82, 2.24) is 15.5 Å². The molecule has 3 saturated carbocycles. The Hall–Kier alpha value is -3.39. The Kier molecular flexibility index (Phi) is 9.46. The van der Waals surface area contributed by atoms with Crippen LogP contribution in [-0.4, -0.2) is 53.4 Å². The van der Waals surface area contributed by atoms with Crippen LogP contribution < -0.4 is 10.6 Å². The zero-order valence-electron chi connectivity index (χ0n) is 19.3. The molecular formula is C23H32N6O5. The fraction of sp³-hybridized carbons (Fsp3) is 0.783. The van der Waals surface area contributed by atoms with Crippen molar-refractivity contribution in [2.75, 3.05) is 0 Å². The van der Waals surface area contributed by atoms with Gasteiger partial charge in [0.05, 0.1) is 0 Å². The summed E-state index contributed by atoms with van der Waals surface area (Å²) in [7, 11) is 0. The first-order valence-electron chi connectivity index (χ1n) is 12.1. The van der Waals surface area contributed by atoms with Crippen molar-refractivity contribution < 1.29 is 23.8 Å². The number of nitrogens with one attached hydrogen (secondary N) is 2. The van der Waals surface area contributed by atoms with Crippen molar-refractivity contribution in [3.63, 3.8) is 0 Å². The number of urea groups is 2. The van der Waals surface area contributed by atoms with Crippen LogP contribution in [0.3, 0.4) is 0 Å². The number of carbonyl (C=O) groups excluding carboxylic acids is 2. The first-order chi connectivity index (χ1) is 16.5. The Morgan fingerprint density at radius 1 is 0.588 bits per heavy atom. The average Bonchev–Trinajstić information content (AvgIpc) is 2.83. The number of rotatable bonds is 6. The number of hydrogen-bond acceptors (Lipinski definition) is 8. The number of carbonyl (C=O) groups is 2. The fourth-order valence-corrected chi connectivity index (χ4v) is 5.21. The van der Waals surface area contributed by atoms with Crippen molar-refractivity contribution in [1.29, 1.82) is 15.8 Å². The molecule has 0 aromatic carbocycles. The number of amides is 4. The van der Waals surface area contributed by atoms with Gasteiger partial charge in [-0.3, -0.25) is 0 Å². The van der Waals surface area contributed by atoms with E-state index < -0.39 is 12.1 Å². The second kappa shape index (κ2) is 12.7. The Morgan fingerprint density at radius 3 is 1.24 bits per heavy atom. The minimum atomic E-state index is -0.423. The highest BCUT2D eigenvalue weighted by atomic mass is 16.5. The lowest BCUT2D eigenvalue weighted by Crippen LogP contribution is -2.58. The predicted molar refractivity (Wildman–Crippen MR) is 117 cm³/mol. The number of imide groups is 1. The highest BCUT2D eigenvalue weighted by Gasteiger charge is 2.36. The van der Waals surface area contributed by atoms with E-state index in [9.17, 15) is 9.59 Å². The molecule has 0 aliphatic heterocycles. The monoisotopic (exact) mass is 472 g/mol. The molecule has 184 valence electrons. The Balaban J connectivity index is 1.60. The summed E-state index contributed by atoms with van der Waals surface area (Å²) in [5.74, 6) is 0. The van der Waals surface area contributed by atoms with Gasteiger partial charge in [-0.05, 0) is 77.0 Å². The lowest BCUT2D eigenvalue weighted by molar-refractivity contribution is 0.0804. The minimum absolute atomic E-state index is 0.0850. The normalized spacial score (nSPS) is 30.9. The first-order valence-corrected chi connectivity index (χ1v) is 12.1. The molecular weight excluding hydrogens is 440 g/mol. The third-order valence-electron chi connectivity index (χ3n) is 7.11. The van der Waals surface area contributed by atoms with E-state index in [0.717, 1.165) is 0 Å². The number of nitrogens with zero attached hydrogens (tertiary/aromatic N) is 4. The largest absolute Gasteiger partial charge is 0.424 e. The molecule has 4 amide bonds. The van der Waals surface area contributed by atoms with Gasteiger partial charge in [0.25, 0.3) is 18.8 Å². The van der Waals surface area contributed by atoms with Crippen LogP contribution in [0.15, 0.2) is 0 Å². The summed E-state index contributed by atoms with van der Waals surface area (Å²) in [5.41, 5.74) is 0. The van der Waals surface area contributed by atoms with Crippen LogP contribution in [0, 0.1) is 34.6 Å². The molecule has 11 heteroatoms. The minimum Gasteiger partial charge on any atom is -0.424 e. The Labute approximate surface area is 199 Å². The molecule has 3 aliphatic carbocycles. The maximum absolute atomic E-state index is 13.3. The maximum Gasteiger partial charge on any atom is 0.326 e. The summed E-state index contributed by atoms with van der Waals surface area (Å²) in [6, 6.07) is -1.30. The van der Waals surface area contributed by atoms with Crippen LogP contribution in [0.4, 0.5) is 9.59 Å². The third-order valence-corrected chi connectivity index (χ3v) is 7.11. The van der Waals surface area contributed by atoms with E-state index in [-0.39, 0.29) is 36.4 Å². The predicted octanol–water partition coefficient (Wildman–Crippen LogP) is 3.13. The van der Waals surface area contributed by atoms with E-state index in [4.69, 9.17) is 30.0 Å². The highest BCUT2D eigenvalue weighted by molar-refractivity contribution is 5.94. The molecule has 0 radical (unpaired) electrons. The maximum atomic E-state index is 13.3. The zero-order valence-corrected chi connectivity index (χ0v) is 19.3. The van der Waals surface area contributed by atoms with Crippen LogP contribution >= 0.6 is 0 Å². The molecule has 0 saturated heterocycles. The van der Waals surface area contributed by atoms with Gasteiger partial charge in [0.2, 0.25) is 0 Å². The summed E-state index contributed by atoms with van der Waals surface area (Å²) in [5, 5.41) is 32.2. The number of hydrogen-bond donors (Lipinski definition) is 2. The zero-order chi connectivity index (χ0) is 24.3. The van der Waals surface area contributed by atoms with E-state index in [1.54, 1.807) is 18.8 Å². The fourth-order valence-electron chi connectivity index (χ4n) is 5.21. The van der Waals surface area contributed by atoms with Crippen molar-refractivity contribution in [2.24, 2.45) is 0 Å². The molecule has 0 atom stereocenters. The van der Waals surface area contributed by atoms with Crippen LogP contribution in [0.5, 0.6) is 0 Å². The molecule has 11 nitrogen and oxygen atoms in total. The van der Waals surface area contributed by atoms with Gasteiger partial charge >= 0.3 is 12.1 Å². The molecule has 0 spiro atoms. The van der Waals surface area contributed by atoms with Crippen molar-refractivity contribution >= 4 is 12.1 Å². The van der Waals surface area contributed by atoms with Crippen LogP contribution in [-0.2, 0) is 14.2 Å². The van der Waals surface area contributed by atoms with E-state index in [1.807, 2.05) is 0 Å². The van der Waals surface area contributed by atoms with E-state index >= 15 is 0 Å².